The van der Waals surface area contributed by atoms with Gasteiger partial charge < -0.3 is 10.5 Å². The number of carbonyl (C=O) groups is 1. The fraction of sp³-hybridized carbons (Fsp3) is 0.250. The van der Waals surface area contributed by atoms with Crippen molar-refractivity contribution >= 4 is 40.7 Å². The monoisotopic (exact) mass is 370 g/mol. The summed E-state index contributed by atoms with van der Waals surface area (Å²) in [7, 11) is 0. The lowest BCUT2D eigenvalue weighted by Gasteiger charge is -2.37. The Labute approximate surface area is 148 Å². The smallest absolute Gasteiger partial charge is 0.317 e. The van der Waals surface area contributed by atoms with Crippen LogP contribution in [0.5, 0.6) is 0 Å². The summed E-state index contributed by atoms with van der Waals surface area (Å²) in [6.07, 6.45) is 1.74. The van der Waals surface area contributed by atoms with Crippen molar-refractivity contribution < 1.29 is 9.52 Å². The summed E-state index contributed by atoms with van der Waals surface area (Å²) < 4.78 is 0.416. The summed E-state index contributed by atoms with van der Waals surface area (Å²) >= 11 is 17.9. The zero-order valence-corrected chi connectivity index (χ0v) is 14.2. The molecule has 1 amide bonds. The van der Waals surface area contributed by atoms with Crippen LogP contribution in [0.4, 0.5) is 0 Å². The maximum Gasteiger partial charge on any atom is 0.317 e. The number of rotatable bonds is 3. The van der Waals surface area contributed by atoms with E-state index in [0.29, 0.717) is 14.8 Å². The van der Waals surface area contributed by atoms with Crippen LogP contribution in [0.25, 0.3) is 0 Å². The van der Waals surface area contributed by atoms with E-state index in [4.69, 9.17) is 34.8 Å². The third kappa shape index (κ3) is 3.25. The number of hydrogen-bond acceptors (Lipinski definition) is 2. The molecule has 7 heteroatoms. The molecule has 23 heavy (non-hydrogen) atoms. The van der Waals surface area contributed by atoms with Crippen molar-refractivity contribution in [1.29, 1.82) is 0 Å². The number of nitrogens with zero attached hydrogens (tertiary/aromatic N) is 1. The molecule has 0 bridgehead atoms. The van der Waals surface area contributed by atoms with Gasteiger partial charge in [0.25, 0.3) is 10.8 Å². The first kappa shape index (κ1) is 16.4. The van der Waals surface area contributed by atoms with E-state index in [2.05, 4.69) is 5.32 Å². The molecule has 120 valence electrons. The molecule has 1 saturated carbocycles. The van der Waals surface area contributed by atoms with E-state index >= 15 is 0 Å². The SMILES string of the molecule is O=C(N[C@H]1CC[C@H]1c1ccc(Cl)cc1Cl)c1cccc(Cl)[n+]1[O-]. The normalized spacial score (nSPS) is 20.0. The largest absolute Gasteiger partial charge is 0.617 e. The molecule has 1 N–H and O–H groups in total. The molecule has 0 aliphatic heterocycles. The molecular weight excluding hydrogens is 359 g/mol. The predicted molar refractivity (Wildman–Crippen MR) is 90.1 cm³/mol. The third-order valence-corrected chi connectivity index (χ3v) is 4.93. The standard InChI is InChI=1S/C16H13Cl3N2O2/c17-9-4-5-10(12(18)8-9)11-6-7-13(11)20-16(22)14-2-1-3-15(19)21(14)23/h1-5,8,11,13H,6-7H2,(H,20,22)/t11-,13-/m0/s1. The van der Waals surface area contributed by atoms with Crippen molar-refractivity contribution in [1.82, 2.24) is 5.32 Å². The minimum Gasteiger partial charge on any atom is -0.617 e. The van der Waals surface area contributed by atoms with Crippen LogP contribution in [0, 0.1) is 5.21 Å². The number of halogens is 3. The van der Waals surface area contributed by atoms with E-state index in [-0.39, 0.29) is 22.8 Å². The van der Waals surface area contributed by atoms with Crippen LogP contribution in [0.15, 0.2) is 36.4 Å². The Bertz CT molecular complexity index is 767. The molecule has 1 fully saturated rings. The van der Waals surface area contributed by atoms with Crippen molar-refractivity contribution in [3.63, 3.8) is 0 Å². The number of amides is 1. The van der Waals surface area contributed by atoms with Gasteiger partial charge in [-0.25, -0.2) is 0 Å². The highest BCUT2D eigenvalue weighted by Crippen LogP contribution is 2.40. The van der Waals surface area contributed by atoms with Crippen molar-refractivity contribution in [3.8, 4) is 0 Å². The van der Waals surface area contributed by atoms with Gasteiger partial charge in [0, 0.05) is 34.1 Å². The van der Waals surface area contributed by atoms with Crippen LogP contribution in [0.1, 0.15) is 34.8 Å². The highest BCUT2D eigenvalue weighted by atomic mass is 35.5. The number of benzene rings is 1. The Balaban J connectivity index is 1.76. The first-order valence-electron chi connectivity index (χ1n) is 7.11. The summed E-state index contributed by atoms with van der Waals surface area (Å²) in [6, 6.07) is 9.73. The molecule has 2 atom stereocenters. The van der Waals surface area contributed by atoms with Crippen LogP contribution in [0.2, 0.25) is 15.2 Å². The number of hydrogen-bond donors (Lipinski definition) is 1. The number of carbonyl (C=O) groups excluding carboxylic acids is 1. The Morgan fingerprint density at radius 3 is 2.61 bits per heavy atom. The molecule has 0 saturated heterocycles. The van der Waals surface area contributed by atoms with E-state index in [1.807, 2.05) is 6.07 Å². The Morgan fingerprint density at radius 2 is 1.96 bits per heavy atom. The van der Waals surface area contributed by atoms with Crippen molar-refractivity contribution in [2.24, 2.45) is 0 Å². The van der Waals surface area contributed by atoms with E-state index in [1.54, 1.807) is 18.2 Å². The number of pyridine rings is 1. The van der Waals surface area contributed by atoms with Gasteiger partial charge in [-0.05, 0) is 48.2 Å². The van der Waals surface area contributed by atoms with Gasteiger partial charge in [-0.3, -0.25) is 4.79 Å². The molecule has 3 rings (SSSR count). The molecule has 2 aromatic rings. The molecule has 1 aromatic carbocycles. The fourth-order valence-corrected chi connectivity index (χ4v) is 3.44. The van der Waals surface area contributed by atoms with Crippen molar-refractivity contribution in [3.05, 3.63) is 68.1 Å². The fourth-order valence-electron chi connectivity index (χ4n) is 2.73. The molecule has 0 spiro atoms. The predicted octanol–water partition coefficient (Wildman–Crippen LogP) is 3.96. The second-order valence-electron chi connectivity index (χ2n) is 5.46. The molecule has 1 aliphatic carbocycles. The molecule has 0 radical (unpaired) electrons. The number of aromatic nitrogens is 1. The van der Waals surface area contributed by atoms with E-state index in [0.717, 1.165) is 18.4 Å². The van der Waals surface area contributed by atoms with Gasteiger partial charge in [0.15, 0.2) is 0 Å². The first-order chi connectivity index (χ1) is 11.0. The lowest BCUT2D eigenvalue weighted by molar-refractivity contribution is -0.605. The van der Waals surface area contributed by atoms with Crippen LogP contribution in [-0.2, 0) is 0 Å². The average molecular weight is 372 g/mol. The van der Waals surface area contributed by atoms with E-state index in [9.17, 15) is 10.0 Å². The minimum absolute atomic E-state index is 0.0228. The zero-order valence-electron chi connectivity index (χ0n) is 11.9. The quantitative estimate of drug-likeness (QED) is 0.504. The van der Waals surface area contributed by atoms with Gasteiger partial charge in [0.2, 0.25) is 0 Å². The topological polar surface area (TPSA) is 56.0 Å². The zero-order chi connectivity index (χ0) is 16.6. The van der Waals surface area contributed by atoms with Gasteiger partial charge in [-0.1, -0.05) is 29.3 Å². The van der Waals surface area contributed by atoms with Crippen molar-refractivity contribution in [2.75, 3.05) is 0 Å². The van der Waals surface area contributed by atoms with Gasteiger partial charge >= 0.3 is 5.91 Å². The molecule has 1 aliphatic rings. The highest BCUT2D eigenvalue weighted by Gasteiger charge is 2.36. The van der Waals surface area contributed by atoms with Crippen molar-refractivity contribution in [2.45, 2.75) is 24.8 Å². The summed E-state index contributed by atoms with van der Waals surface area (Å²) in [5, 5.41) is 15.8. The molecule has 1 heterocycles. The molecule has 0 unspecified atom stereocenters. The summed E-state index contributed by atoms with van der Waals surface area (Å²) in [6.45, 7) is 0. The highest BCUT2D eigenvalue weighted by molar-refractivity contribution is 6.35. The van der Waals surface area contributed by atoms with Crippen LogP contribution >= 0.6 is 34.8 Å². The minimum atomic E-state index is -0.442. The lowest BCUT2D eigenvalue weighted by Crippen LogP contribution is -2.49. The maximum absolute atomic E-state index is 12.3. The second-order valence-corrected chi connectivity index (χ2v) is 6.69. The molecular formula is C16H13Cl3N2O2. The van der Waals surface area contributed by atoms with Crippen LogP contribution in [0.3, 0.4) is 0 Å². The molecule has 1 aromatic heterocycles. The van der Waals surface area contributed by atoms with E-state index in [1.165, 1.54) is 12.1 Å². The third-order valence-electron chi connectivity index (χ3n) is 4.09. The summed E-state index contributed by atoms with van der Waals surface area (Å²) in [4.78, 5) is 12.3. The van der Waals surface area contributed by atoms with Gasteiger partial charge in [0.05, 0.1) is 0 Å². The van der Waals surface area contributed by atoms with Crippen LogP contribution in [-0.4, -0.2) is 11.9 Å². The van der Waals surface area contributed by atoms with Crippen LogP contribution < -0.4 is 10.0 Å². The Kier molecular flexibility index (Phi) is 4.67. The summed E-state index contributed by atoms with van der Waals surface area (Å²) in [5.74, 6) is -0.328. The summed E-state index contributed by atoms with van der Waals surface area (Å²) in [5.41, 5.74) is 0.930. The molecule has 4 nitrogen and oxygen atoms in total. The van der Waals surface area contributed by atoms with Gasteiger partial charge in [-0.2, -0.15) is 0 Å². The first-order valence-corrected chi connectivity index (χ1v) is 8.24. The van der Waals surface area contributed by atoms with Gasteiger partial charge in [-0.15, -0.1) is 4.73 Å². The average Bonchev–Trinajstić information content (AvgIpc) is 2.49. The second kappa shape index (κ2) is 6.56. The Morgan fingerprint density at radius 1 is 1.17 bits per heavy atom. The number of nitrogens with one attached hydrogen (secondary N) is 1. The van der Waals surface area contributed by atoms with E-state index < -0.39 is 5.91 Å². The van der Waals surface area contributed by atoms with Gasteiger partial charge in [0.1, 0.15) is 0 Å². The maximum atomic E-state index is 12.3. The lowest BCUT2D eigenvalue weighted by atomic mass is 9.75. The Hall–Kier alpha value is -1.49.